The van der Waals surface area contributed by atoms with Gasteiger partial charge in [-0.1, -0.05) is 42.1 Å². The van der Waals surface area contributed by atoms with Gasteiger partial charge in [0, 0.05) is 5.56 Å². The van der Waals surface area contributed by atoms with E-state index in [9.17, 15) is 9.59 Å². The van der Waals surface area contributed by atoms with Crippen molar-refractivity contribution >= 4 is 39.9 Å². The zero-order chi connectivity index (χ0) is 17.8. The van der Waals surface area contributed by atoms with Crippen molar-refractivity contribution < 1.29 is 14.0 Å². The van der Waals surface area contributed by atoms with Gasteiger partial charge in [0.1, 0.15) is 5.00 Å². The van der Waals surface area contributed by atoms with Crippen LogP contribution in [0, 0.1) is 0 Å². The fourth-order valence-corrected chi connectivity index (χ4v) is 3.58. The summed E-state index contributed by atoms with van der Waals surface area (Å²) >= 11 is 2.45. The third kappa shape index (κ3) is 4.09. The molecule has 1 atom stereocenters. The van der Waals surface area contributed by atoms with Gasteiger partial charge in [-0.25, -0.2) is 4.98 Å². The normalized spacial score (nSPS) is 11.9. The van der Waals surface area contributed by atoms with Gasteiger partial charge in [-0.2, -0.15) is 0 Å². The van der Waals surface area contributed by atoms with Crippen molar-refractivity contribution in [1.29, 1.82) is 0 Å². The summed E-state index contributed by atoms with van der Waals surface area (Å²) in [5, 5.41) is 4.82. The van der Waals surface area contributed by atoms with E-state index in [-0.39, 0.29) is 5.91 Å². The van der Waals surface area contributed by atoms with Crippen molar-refractivity contribution in [2.24, 2.45) is 5.73 Å². The van der Waals surface area contributed by atoms with E-state index in [4.69, 9.17) is 10.2 Å². The number of carbonyl (C=O) groups is 2. The summed E-state index contributed by atoms with van der Waals surface area (Å²) in [7, 11) is 0. The van der Waals surface area contributed by atoms with Gasteiger partial charge in [0.15, 0.2) is 5.76 Å². The van der Waals surface area contributed by atoms with Gasteiger partial charge in [0.2, 0.25) is 5.91 Å². The Hall–Kier alpha value is -2.58. The largest absolute Gasteiger partial charge is 0.431 e. The molecule has 2 heterocycles. The summed E-state index contributed by atoms with van der Waals surface area (Å²) in [5.74, 6) is -0.184. The van der Waals surface area contributed by atoms with Gasteiger partial charge in [-0.15, -0.1) is 11.3 Å². The molecule has 0 saturated heterocycles. The van der Waals surface area contributed by atoms with E-state index in [0.717, 1.165) is 5.56 Å². The molecule has 6 nitrogen and oxygen atoms in total. The predicted molar refractivity (Wildman–Crippen MR) is 98.7 cm³/mol. The molecule has 0 aliphatic rings. The summed E-state index contributed by atoms with van der Waals surface area (Å²) < 4.78 is 5.69. The summed E-state index contributed by atoms with van der Waals surface area (Å²) in [6.07, 6.45) is 1.63. The number of hydrogen-bond acceptors (Lipinski definition) is 6. The maximum Gasteiger partial charge on any atom is 0.256 e. The Bertz CT molecular complexity index is 889. The number of thiophene rings is 1. The van der Waals surface area contributed by atoms with Crippen LogP contribution in [-0.2, 0) is 4.79 Å². The highest BCUT2D eigenvalue weighted by molar-refractivity contribution is 8.00. The Balaban J connectivity index is 1.65. The van der Waals surface area contributed by atoms with Crippen LogP contribution in [0.4, 0.5) is 5.00 Å². The molecule has 0 bridgehead atoms. The Kier molecular flexibility index (Phi) is 5.20. The van der Waals surface area contributed by atoms with Crippen molar-refractivity contribution in [3.8, 4) is 11.3 Å². The number of primary amides is 1. The van der Waals surface area contributed by atoms with E-state index < -0.39 is 11.2 Å². The number of nitrogens with one attached hydrogen (secondary N) is 1. The molecule has 3 N–H and O–H groups in total. The average molecular weight is 373 g/mol. The Labute approximate surface area is 152 Å². The van der Waals surface area contributed by atoms with Crippen molar-refractivity contribution in [2.45, 2.75) is 17.4 Å². The second kappa shape index (κ2) is 7.54. The lowest BCUT2D eigenvalue weighted by atomic mass is 10.2. The number of aromatic nitrogens is 1. The van der Waals surface area contributed by atoms with Crippen LogP contribution in [0.5, 0.6) is 0 Å². The molecular weight excluding hydrogens is 358 g/mol. The van der Waals surface area contributed by atoms with Crippen molar-refractivity contribution in [3.05, 3.63) is 53.5 Å². The molecule has 0 aliphatic carbocycles. The van der Waals surface area contributed by atoms with Crippen LogP contribution < -0.4 is 11.1 Å². The summed E-state index contributed by atoms with van der Waals surface area (Å²) in [6.45, 7) is 1.74. The van der Waals surface area contributed by atoms with Gasteiger partial charge >= 0.3 is 0 Å². The first-order valence-electron chi connectivity index (χ1n) is 7.40. The molecule has 0 saturated carbocycles. The summed E-state index contributed by atoms with van der Waals surface area (Å²) in [5.41, 5.74) is 6.50. The summed E-state index contributed by atoms with van der Waals surface area (Å²) in [4.78, 5) is 27.8. The molecule has 2 aromatic heterocycles. The highest BCUT2D eigenvalue weighted by Gasteiger charge is 2.20. The third-order valence-corrected chi connectivity index (χ3v) is 5.14. The number of carbonyl (C=O) groups excluding carboxylic acids is 2. The molecule has 1 aromatic carbocycles. The van der Waals surface area contributed by atoms with Crippen LogP contribution in [0.15, 0.2) is 57.6 Å². The number of anilines is 1. The van der Waals surface area contributed by atoms with Crippen LogP contribution in [0.2, 0.25) is 0 Å². The molecule has 0 aliphatic heterocycles. The lowest BCUT2D eigenvalue weighted by molar-refractivity contribution is -0.115. The van der Waals surface area contributed by atoms with E-state index in [1.165, 1.54) is 23.1 Å². The highest BCUT2D eigenvalue weighted by atomic mass is 32.2. The molecule has 25 heavy (non-hydrogen) atoms. The third-order valence-electron chi connectivity index (χ3n) is 3.36. The van der Waals surface area contributed by atoms with Crippen LogP contribution in [-0.4, -0.2) is 22.0 Å². The van der Waals surface area contributed by atoms with Crippen LogP contribution in [0.25, 0.3) is 11.3 Å². The fourth-order valence-electron chi connectivity index (χ4n) is 2.07. The maximum atomic E-state index is 12.3. The van der Waals surface area contributed by atoms with E-state index in [0.29, 0.717) is 21.5 Å². The highest BCUT2D eigenvalue weighted by Crippen LogP contribution is 2.29. The molecule has 0 spiro atoms. The van der Waals surface area contributed by atoms with E-state index >= 15 is 0 Å². The number of hydrogen-bond donors (Lipinski definition) is 2. The minimum absolute atomic E-state index is 0.255. The number of thioether (sulfide) groups is 1. The number of oxazole rings is 1. The molecule has 128 valence electrons. The van der Waals surface area contributed by atoms with Crippen LogP contribution in [0.1, 0.15) is 17.3 Å². The zero-order valence-corrected chi connectivity index (χ0v) is 14.9. The fraction of sp³-hybridized carbons (Fsp3) is 0.118. The minimum Gasteiger partial charge on any atom is -0.431 e. The van der Waals surface area contributed by atoms with E-state index in [2.05, 4.69) is 10.3 Å². The second-order valence-corrected chi connectivity index (χ2v) is 7.34. The lowest BCUT2D eigenvalue weighted by Gasteiger charge is -2.09. The van der Waals surface area contributed by atoms with E-state index in [1.807, 2.05) is 30.3 Å². The number of benzene rings is 1. The second-order valence-electron chi connectivity index (χ2n) is 5.13. The van der Waals surface area contributed by atoms with Gasteiger partial charge < -0.3 is 15.5 Å². The van der Waals surface area contributed by atoms with Gasteiger partial charge in [0.05, 0.1) is 17.0 Å². The standard InChI is InChI=1S/C17H15N3O3S2/c1-10(15(22)20-16-12(14(18)21)7-8-24-16)25-17-19-9-13(23-17)11-5-3-2-4-6-11/h2-10H,1H3,(H2,18,21)(H,20,22)/t10-/m0/s1. The smallest absolute Gasteiger partial charge is 0.256 e. The maximum absolute atomic E-state index is 12.3. The summed E-state index contributed by atoms with van der Waals surface area (Å²) in [6, 6.07) is 11.2. The first-order chi connectivity index (χ1) is 12.0. The Morgan fingerprint density at radius 1 is 1.28 bits per heavy atom. The molecule has 0 unspecified atom stereocenters. The van der Waals surface area contributed by atoms with Gasteiger partial charge in [-0.3, -0.25) is 9.59 Å². The van der Waals surface area contributed by atoms with Crippen molar-refractivity contribution in [2.75, 3.05) is 5.32 Å². The monoisotopic (exact) mass is 373 g/mol. The first-order valence-corrected chi connectivity index (χ1v) is 9.16. The van der Waals surface area contributed by atoms with Gasteiger partial charge in [-0.05, 0) is 18.4 Å². The molecule has 0 radical (unpaired) electrons. The number of nitrogens with two attached hydrogens (primary N) is 1. The van der Waals surface area contributed by atoms with Crippen molar-refractivity contribution in [3.63, 3.8) is 0 Å². The van der Waals surface area contributed by atoms with Crippen LogP contribution in [0.3, 0.4) is 0 Å². The molecule has 8 heteroatoms. The van der Waals surface area contributed by atoms with Crippen molar-refractivity contribution in [1.82, 2.24) is 4.98 Å². The quantitative estimate of drug-likeness (QED) is 0.643. The molecule has 3 aromatic rings. The molecule has 3 rings (SSSR count). The van der Waals surface area contributed by atoms with E-state index in [1.54, 1.807) is 24.6 Å². The number of nitrogens with zero attached hydrogens (tertiary/aromatic N) is 1. The first kappa shape index (κ1) is 17.2. The lowest BCUT2D eigenvalue weighted by Crippen LogP contribution is -2.23. The molecule has 0 fully saturated rings. The average Bonchev–Trinajstić information content (AvgIpc) is 3.25. The number of amides is 2. The Morgan fingerprint density at radius 2 is 2.04 bits per heavy atom. The predicted octanol–water partition coefficient (Wildman–Crippen LogP) is 3.62. The number of rotatable bonds is 6. The molecular formula is C17H15N3O3S2. The SMILES string of the molecule is C[C@H](Sc1ncc(-c2ccccc2)o1)C(=O)Nc1sccc1C(N)=O. The zero-order valence-electron chi connectivity index (χ0n) is 13.3. The molecule has 2 amide bonds. The Morgan fingerprint density at radius 3 is 2.76 bits per heavy atom. The van der Waals surface area contributed by atoms with Gasteiger partial charge in [0.25, 0.3) is 11.1 Å². The minimum atomic E-state index is -0.572. The van der Waals surface area contributed by atoms with Crippen LogP contribution >= 0.6 is 23.1 Å². The topological polar surface area (TPSA) is 98.2 Å².